The zero-order valence-corrected chi connectivity index (χ0v) is 23.7. The molecule has 0 spiro atoms. The van der Waals surface area contributed by atoms with Gasteiger partial charge in [-0.2, -0.15) is 0 Å². The van der Waals surface area contributed by atoms with Crippen molar-refractivity contribution in [1.82, 2.24) is 9.80 Å². The highest BCUT2D eigenvalue weighted by atomic mass is 16.6. The maximum Gasteiger partial charge on any atom is 0.410 e. The van der Waals surface area contributed by atoms with Crippen molar-refractivity contribution < 1.29 is 29.0 Å². The van der Waals surface area contributed by atoms with Crippen molar-refractivity contribution in [1.29, 1.82) is 0 Å². The Morgan fingerprint density at radius 2 is 1.49 bits per heavy atom. The smallest absolute Gasteiger partial charge is 0.410 e. The lowest BCUT2D eigenvalue weighted by Crippen LogP contribution is -2.56. The summed E-state index contributed by atoms with van der Waals surface area (Å²) in [5.41, 5.74) is 4.62. The van der Waals surface area contributed by atoms with Crippen LogP contribution in [0.5, 0.6) is 0 Å². The van der Waals surface area contributed by atoms with Crippen LogP contribution in [0.3, 0.4) is 0 Å². The van der Waals surface area contributed by atoms with E-state index in [1.165, 1.54) is 9.80 Å². The van der Waals surface area contributed by atoms with Gasteiger partial charge in [-0.15, -0.1) is 0 Å². The summed E-state index contributed by atoms with van der Waals surface area (Å²) in [6, 6.07) is 25.0. The summed E-state index contributed by atoms with van der Waals surface area (Å²) in [6.45, 7) is 5.84. The monoisotopic (exact) mass is 556 g/mol. The summed E-state index contributed by atoms with van der Waals surface area (Å²) in [4.78, 5) is 42.0. The van der Waals surface area contributed by atoms with Crippen molar-refractivity contribution in [2.75, 3.05) is 19.7 Å². The fourth-order valence-corrected chi connectivity index (χ4v) is 5.82. The van der Waals surface area contributed by atoms with Crippen LogP contribution in [-0.2, 0) is 20.8 Å². The number of hydrogen-bond donors (Lipinski definition) is 1. The van der Waals surface area contributed by atoms with Crippen molar-refractivity contribution in [3.05, 3.63) is 95.6 Å². The standard InChI is InChI=1S/C33H36N2O6/c1-33(2,3)41-31(38)34-18-17-29(27(20-34)30(36)37)35(19-22-11-5-4-6-12-22)32(39)40-21-28-25-15-9-7-13-23(25)24-14-8-10-16-26(24)28/h4-16,27-29H,17-21H2,1-3H3,(H,36,37)/t27-,29+/m1/s1. The van der Waals surface area contributed by atoms with Gasteiger partial charge in [0.05, 0.1) is 12.0 Å². The summed E-state index contributed by atoms with van der Waals surface area (Å²) in [6.07, 6.45) is -0.844. The number of carboxylic acids is 1. The zero-order chi connectivity index (χ0) is 29.1. The van der Waals surface area contributed by atoms with E-state index in [2.05, 4.69) is 24.3 Å². The molecular formula is C33H36N2O6. The van der Waals surface area contributed by atoms with E-state index in [1.54, 1.807) is 20.8 Å². The number of likely N-dealkylation sites (tertiary alicyclic amines) is 1. The van der Waals surface area contributed by atoms with E-state index in [-0.39, 0.29) is 38.6 Å². The van der Waals surface area contributed by atoms with Crippen LogP contribution in [0.15, 0.2) is 78.9 Å². The van der Waals surface area contributed by atoms with Crippen LogP contribution in [0.25, 0.3) is 11.1 Å². The molecule has 1 fully saturated rings. The molecule has 1 aliphatic carbocycles. The Labute approximate surface area is 240 Å². The molecule has 0 saturated carbocycles. The van der Waals surface area contributed by atoms with Gasteiger partial charge in [-0.1, -0.05) is 78.9 Å². The van der Waals surface area contributed by atoms with Crippen molar-refractivity contribution in [3.63, 3.8) is 0 Å². The first-order valence-electron chi connectivity index (χ1n) is 14.0. The Bertz CT molecular complexity index is 1370. The van der Waals surface area contributed by atoms with E-state index in [4.69, 9.17) is 9.47 Å². The fourth-order valence-electron chi connectivity index (χ4n) is 5.82. The van der Waals surface area contributed by atoms with E-state index >= 15 is 0 Å². The van der Waals surface area contributed by atoms with E-state index in [0.29, 0.717) is 0 Å². The highest BCUT2D eigenvalue weighted by molar-refractivity contribution is 5.79. The van der Waals surface area contributed by atoms with Crippen LogP contribution in [-0.4, -0.2) is 64.4 Å². The molecule has 3 aromatic carbocycles. The predicted octanol–water partition coefficient (Wildman–Crippen LogP) is 6.15. The number of aliphatic carboxylic acids is 1. The molecule has 0 aromatic heterocycles. The van der Waals surface area contributed by atoms with Crippen molar-refractivity contribution in [3.8, 4) is 11.1 Å². The number of carbonyl (C=O) groups is 3. The maximum absolute atomic E-state index is 13.8. The lowest BCUT2D eigenvalue weighted by atomic mass is 9.90. The second-order valence-corrected chi connectivity index (χ2v) is 11.6. The minimum atomic E-state index is -1.08. The van der Waals surface area contributed by atoms with Crippen molar-refractivity contribution >= 4 is 18.2 Å². The van der Waals surface area contributed by atoms with Gasteiger partial charge < -0.3 is 19.5 Å². The average Bonchev–Trinajstić information content (AvgIpc) is 3.27. The molecule has 8 nitrogen and oxygen atoms in total. The quantitative estimate of drug-likeness (QED) is 0.391. The molecule has 2 aliphatic rings. The summed E-state index contributed by atoms with van der Waals surface area (Å²) >= 11 is 0. The largest absolute Gasteiger partial charge is 0.481 e. The van der Waals surface area contributed by atoms with Crippen molar-refractivity contribution in [2.45, 2.75) is 51.3 Å². The number of ether oxygens (including phenoxy) is 2. The molecule has 41 heavy (non-hydrogen) atoms. The van der Waals surface area contributed by atoms with E-state index < -0.39 is 35.7 Å². The zero-order valence-electron chi connectivity index (χ0n) is 23.7. The third-order valence-electron chi connectivity index (χ3n) is 7.71. The van der Waals surface area contributed by atoms with Gasteiger partial charge in [0, 0.05) is 25.6 Å². The Morgan fingerprint density at radius 3 is 2.07 bits per heavy atom. The molecule has 0 unspecified atom stereocenters. The third kappa shape index (κ3) is 6.21. The molecular weight excluding hydrogens is 520 g/mol. The molecule has 5 rings (SSSR count). The lowest BCUT2D eigenvalue weighted by molar-refractivity contribution is -0.146. The molecule has 2 atom stereocenters. The highest BCUT2D eigenvalue weighted by Crippen LogP contribution is 2.44. The summed E-state index contributed by atoms with van der Waals surface area (Å²) in [5, 5.41) is 10.2. The van der Waals surface area contributed by atoms with Gasteiger partial charge >= 0.3 is 18.2 Å². The Morgan fingerprint density at radius 1 is 0.902 bits per heavy atom. The second-order valence-electron chi connectivity index (χ2n) is 11.6. The molecule has 1 saturated heterocycles. The number of carboxylic acid groups (broad SMARTS) is 1. The number of nitrogens with zero attached hydrogens (tertiary/aromatic N) is 2. The van der Waals surface area contributed by atoms with Crippen molar-refractivity contribution in [2.24, 2.45) is 5.92 Å². The number of benzene rings is 3. The van der Waals surface area contributed by atoms with Gasteiger partial charge in [0.15, 0.2) is 0 Å². The number of rotatable bonds is 6. The van der Waals surface area contributed by atoms with Crippen LogP contribution in [0.2, 0.25) is 0 Å². The highest BCUT2D eigenvalue weighted by Gasteiger charge is 2.43. The van der Waals surface area contributed by atoms with Gasteiger partial charge in [0.1, 0.15) is 12.2 Å². The lowest BCUT2D eigenvalue weighted by Gasteiger charge is -2.42. The number of amides is 2. The molecule has 0 bridgehead atoms. The maximum atomic E-state index is 13.8. The molecule has 8 heteroatoms. The number of hydrogen-bond acceptors (Lipinski definition) is 5. The van der Waals surface area contributed by atoms with Gasteiger partial charge in [0.2, 0.25) is 0 Å². The number of piperidine rings is 1. The topological polar surface area (TPSA) is 96.4 Å². The van der Waals surface area contributed by atoms with E-state index in [9.17, 15) is 19.5 Å². The van der Waals surface area contributed by atoms with E-state index in [1.807, 2.05) is 54.6 Å². The minimum Gasteiger partial charge on any atom is -0.481 e. The normalized spacial score (nSPS) is 18.3. The van der Waals surface area contributed by atoms with Crippen LogP contribution in [0.4, 0.5) is 9.59 Å². The number of fused-ring (bicyclic) bond motifs is 3. The molecule has 1 heterocycles. The summed E-state index contributed by atoms with van der Waals surface area (Å²) in [7, 11) is 0. The average molecular weight is 557 g/mol. The predicted molar refractivity (Wildman–Crippen MR) is 154 cm³/mol. The van der Waals surface area contributed by atoms with Gasteiger partial charge in [-0.25, -0.2) is 9.59 Å². The molecule has 1 aliphatic heterocycles. The van der Waals surface area contributed by atoms with Crippen LogP contribution in [0.1, 0.15) is 49.8 Å². The Hall–Kier alpha value is -4.33. The first-order chi connectivity index (χ1) is 19.6. The van der Waals surface area contributed by atoms with E-state index in [0.717, 1.165) is 27.8 Å². The first-order valence-corrected chi connectivity index (χ1v) is 14.0. The molecule has 2 amide bonds. The minimum absolute atomic E-state index is 0.0587. The SMILES string of the molecule is CC(C)(C)OC(=O)N1CC[C@H](N(Cc2ccccc2)C(=O)OCC2c3ccccc3-c3ccccc32)[C@H](C(=O)O)C1. The fraction of sp³-hybridized carbons (Fsp3) is 0.364. The van der Waals surface area contributed by atoms with Gasteiger partial charge in [-0.3, -0.25) is 9.69 Å². The van der Waals surface area contributed by atoms with Crippen LogP contribution in [0, 0.1) is 5.92 Å². The summed E-state index contributed by atoms with van der Waals surface area (Å²) in [5.74, 6) is -2.19. The second kappa shape index (κ2) is 11.6. The van der Waals surface area contributed by atoms with Crippen LogP contribution >= 0.6 is 0 Å². The molecule has 0 radical (unpaired) electrons. The Kier molecular flexibility index (Phi) is 8.01. The third-order valence-corrected chi connectivity index (χ3v) is 7.71. The Balaban J connectivity index is 1.37. The van der Waals surface area contributed by atoms with Gasteiger partial charge in [-0.05, 0) is 55.0 Å². The van der Waals surface area contributed by atoms with Gasteiger partial charge in [0.25, 0.3) is 0 Å². The molecule has 214 valence electrons. The van der Waals surface area contributed by atoms with Crippen LogP contribution < -0.4 is 0 Å². The molecule has 3 aromatic rings. The summed E-state index contributed by atoms with van der Waals surface area (Å²) < 4.78 is 11.5. The molecule has 1 N–H and O–H groups in total. The number of carbonyl (C=O) groups excluding carboxylic acids is 2. The first kappa shape index (κ1) is 28.2.